The van der Waals surface area contributed by atoms with Crippen LogP contribution in [0.25, 0.3) is 0 Å². The molecule has 0 aliphatic heterocycles. The average Bonchev–Trinajstić information content (AvgIpc) is 1.99. The first-order valence-electron chi connectivity index (χ1n) is 5.43. The molecule has 0 aliphatic rings. The fourth-order valence-corrected chi connectivity index (χ4v) is 2.38. The molecule has 0 spiro atoms. The Balaban J connectivity index is 3.37. The Labute approximate surface area is 98.7 Å². The molecule has 0 amide bonds. The third-order valence-corrected chi connectivity index (χ3v) is 3.02. The molecule has 0 saturated heterocycles. The van der Waals surface area contributed by atoms with E-state index >= 15 is 0 Å². The minimum Gasteiger partial charge on any atom is -0.0837 e. The van der Waals surface area contributed by atoms with E-state index in [0.717, 1.165) is 5.02 Å². The zero-order valence-electron chi connectivity index (χ0n) is 10.6. The smallest absolute Gasteiger partial charge is 0.0480 e. The van der Waals surface area contributed by atoms with Crippen molar-refractivity contribution in [3.63, 3.8) is 0 Å². The van der Waals surface area contributed by atoms with E-state index in [9.17, 15) is 0 Å². The van der Waals surface area contributed by atoms with E-state index < -0.39 is 0 Å². The second-order valence-corrected chi connectivity index (χ2v) is 6.55. The van der Waals surface area contributed by atoms with Crippen molar-refractivity contribution in [1.82, 2.24) is 0 Å². The summed E-state index contributed by atoms with van der Waals surface area (Å²) in [6, 6.07) is 6.35. The molecule has 15 heavy (non-hydrogen) atoms. The summed E-state index contributed by atoms with van der Waals surface area (Å²) >= 11 is 6.48. The monoisotopic (exact) mass is 224 g/mol. The summed E-state index contributed by atoms with van der Waals surface area (Å²) in [4.78, 5) is 0. The minimum atomic E-state index is 0.109. The normalized spacial score (nSPS) is 13.0. The maximum Gasteiger partial charge on any atom is 0.0480 e. The van der Waals surface area contributed by atoms with Gasteiger partial charge in [-0.3, -0.25) is 0 Å². The van der Waals surface area contributed by atoms with Gasteiger partial charge < -0.3 is 0 Å². The van der Waals surface area contributed by atoms with Crippen molar-refractivity contribution >= 4 is 11.6 Å². The Kier molecular flexibility index (Phi) is 3.21. The molecule has 1 rings (SSSR count). The van der Waals surface area contributed by atoms with Crippen LogP contribution in [0.5, 0.6) is 0 Å². The molecule has 0 atom stereocenters. The fraction of sp³-hybridized carbons (Fsp3) is 0.571. The predicted molar refractivity (Wildman–Crippen MR) is 68.9 cm³/mol. The number of hydrogen-bond donors (Lipinski definition) is 0. The van der Waals surface area contributed by atoms with Gasteiger partial charge in [0.05, 0.1) is 0 Å². The van der Waals surface area contributed by atoms with E-state index in [2.05, 4.69) is 59.7 Å². The Morgan fingerprint density at radius 1 is 0.800 bits per heavy atom. The molecule has 0 heterocycles. The number of rotatable bonds is 0. The molecule has 0 unspecified atom stereocenters. The fourth-order valence-electron chi connectivity index (χ4n) is 1.69. The number of hydrogen-bond acceptors (Lipinski definition) is 0. The van der Waals surface area contributed by atoms with E-state index in [0.29, 0.717) is 0 Å². The van der Waals surface area contributed by atoms with E-state index in [4.69, 9.17) is 11.6 Å². The van der Waals surface area contributed by atoms with Crippen molar-refractivity contribution < 1.29 is 0 Å². The SMILES string of the molecule is CC(C)(C)c1cccc(C(C)(C)C)c1Cl. The van der Waals surface area contributed by atoms with Gasteiger partial charge in [-0.15, -0.1) is 0 Å². The average molecular weight is 225 g/mol. The van der Waals surface area contributed by atoms with Crippen LogP contribution in [-0.4, -0.2) is 0 Å². The summed E-state index contributed by atoms with van der Waals surface area (Å²) in [7, 11) is 0. The van der Waals surface area contributed by atoms with E-state index in [1.54, 1.807) is 0 Å². The van der Waals surface area contributed by atoms with Gasteiger partial charge in [0, 0.05) is 5.02 Å². The van der Waals surface area contributed by atoms with Gasteiger partial charge in [0.2, 0.25) is 0 Å². The topological polar surface area (TPSA) is 0 Å². The molecule has 1 heteroatoms. The molecule has 0 N–H and O–H groups in total. The molecular weight excluding hydrogens is 204 g/mol. The van der Waals surface area contributed by atoms with Crippen LogP contribution in [0, 0.1) is 0 Å². The highest BCUT2D eigenvalue weighted by molar-refractivity contribution is 6.32. The largest absolute Gasteiger partial charge is 0.0837 e. The molecule has 0 fully saturated rings. The standard InChI is InChI=1S/C14H21Cl/c1-13(2,3)10-8-7-9-11(12(10)15)14(4,5)6/h7-9H,1-6H3. The van der Waals surface area contributed by atoms with E-state index in [1.807, 2.05) is 0 Å². The first kappa shape index (κ1) is 12.6. The van der Waals surface area contributed by atoms with Crippen molar-refractivity contribution in [3.8, 4) is 0 Å². The summed E-state index contributed by atoms with van der Waals surface area (Å²) in [6.07, 6.45) is 0. The molecule has 0 bridgehead atoms. The first-order valence-corrected chi connectivity index (χ1v) is 5.81. The lowest BCUT2D eigenvalue weighted by atomic mass is 9.80. The van der Waals surface area contributed by atoms with Gasteiger partial charge in [-0.05, 0) is 22.0 Å². The molecule has 0 aromatic heterocycles. The van der Waals surface area contributed by atoms with Crippen molar-refractivity contribution in [1.29, 1.82) is 0 Å². The van der Waals surface area contributed by atoms with Crippen molar-refractivity contribution in [2.24, 2.45) is 0 Å². The maximum atomic E-state index is 6.48. The Morgan fingerprint density at radius 3 is 1.40 bits per heavy atom. The van der Waals surface area contributed by atoms with Gasteiger partial charge in [0.15, 0.2) is 0 Å². The molecule has 1 aromatic rings. The molecule has 0 aliphatic carbocycles. The second kappa shape index (κ2) is 3.83. The van der Waals surface area contributed by atoms with E-state index in [1.165, 1.54) is 11.1 Å². The lowest BCUT2D eigenvalue weighted by molar-refractivity contribution is 0.569. The molecule has 0 radical (unpaired) electrons. The molecular formula is C14H21Cl. The highest BCUT2D eigenvalue weighted by atomic mass is 35.5. The van der Waals surface area contributed by atoms with Crippen LogP contribution in [-0.2, 0) is 10.8 Å². The lowest BCUT2D eigenvalue weighted by Crippen LogP contribution is -2.17. The number of benzene rings is 1. The summed E-state index contributed by atoms with van der Waals surface area (Å²) < 4.78 is 0. The zero-order chi connectivity index (χ0) is 11.9. The van der Waals surface area contributed by atoms with Gasteiger partial charge in [-0.1, -0.05) is 71.3 Å². The summed E-state index contributed by atoms with van der Waals surface area (Å²) in [6.45, 7) is 13.2. The van der Waals surface area contributed by atoms with Crippen LogP contribution in [0.4, 0.5) is 0 Å². The van der Waals surface area contributed by atoms with Crippen LogP contribution < -0.4 is 0 Å². The van der Waals surface area contributed by atoms with Crippen molar-refractivity contribution in [2.75, 3.05) is 0 Å². The Hall–Kier alpha value is -0.490. The highest BCUT2D eigenvalue weighted by Crippen LogP contribution is 2.36. The van der Waals surface area contributed by atoms with Gasteiger partial charge in [0.1, 0.15) is 0 Å². The summed E-state index contributed by atoms with van der Waals surface area (Å²) in [5.74, 6) is 0. The van der Waals surface area contributed by atoms with Crippen LogP contribution in [0.2, 0.25) is 5.02 Å². The second-order valence-electron chi connectivity index (χ2n) is 6.17. The molecule has 0 nitrogen and oxygen atoms in total. The van der Waals surface area contributed by atoms with Crippen LogP contribution in [0.1, 0.15) is 52.7 Å². The Morgan fingerprint density at radius 2 is 1.13 bits per heavy atom. The number of halogens is 1. The quantitative estimate of drug-likeness (QED) is 0.586. The minimum absolute atomic E-state index is 0.109. The van der Waals surface area contributed by atoms with Crippen LogP contribution in [0.15, 0.2) is 18.2 Å². The van der Waals surface area contributed by atoms with Gasteiger partial charge in [-0.25, -0.2) is 0 Å². The third kappa shape index (κ3) is 2.75. The zero-order valence-corrected chi connectivity index (χ0v) is 11.4. The Bertz CT molecular complexity index is 318. The van der Waals surface area contributed by atoms with Gasteiger partial charge >= 0.3 is 0 Å². The highest BCUT2D eigenvalue weighted by Gasteiger charge is 2.23. The lowest BCUT2D eigenvalue weighted by Gasteiger charge is -2.27. The van der Waals surface area contributed by atoms with E-state index in [-0.39, 0.29) is 10.8 Å². The van der Waals surface area contributed by atoms with Crippen molar-refractivity contribution in [2.45, 2.75) is 52.4 Å². The van der Waals surface area contributed by atoms with Gasteiger partial charge in [-0.2, -0.15) is 0 Å². The van der Waals surface area contributed by atoms with Crippen molar-refractivity contribution in [3.05, 3.63) is 34.3 Å². The maximum absolute atomic E-state index is 6.48. The third-order valence-electron chi connectivity index (χ3n) is 2.61. The summed E-state index contributed by atoms with van der Waals surface area (Å²) in [5.41, 5.74) is 2.68. The first-order chi connectivity index (χ1) is 6.64. The predicted octanol–water partition coefficient (Wildman–Crippen LogP) is 4.94. The van der Waals surface area contributed by atoms with Crippen LogP contribution in [0.3, 0.4) is 0 Å². The van der Waals surface area contributed by atoms with Gasteiger partial charge in [0.25, 0.3) is 0 Å². The molecule has 84 valence electrons. The van der Waals surface area contributed by atoms with Crippen LogP contribution >= 0.6 is 11.6 Å². The summed E-state index contributed by atoms with van der Waals surface area (Å²) in [5, 5.41) is 0.928. The molecule has 1 aromatic carbocycles. The molecule has 0 saturated carbocycles.